The fraction of sp³-hybridized carbons (Fsp3) is 0.909. The van der Waals surface area contributed by atoms with Crippen LogP contribution in [0.25, 0.3) is 0 Å². The molecular formula is C11H20O3. The van der Waals surface area contributed by atoms with Gasteiger partial charge in [0.05, 0.1) is 12.7 Å². The lowest BCUT2D eigenvalue weighted by Crippen LogP contribution is -2.19. The average Bonchev–Trinajstić information content (AvgIpc) is 2.05. The van der Waals surface area contributed by atoms with Gasteiger partial charge in [-0.15, -0.1) is 0 Å². The summed E-state index contributed by atoms with van der Waals surface area (Å²) in [4.78, 5) is 11.2. The van der Waals surface area contributed by atoms with Crippen LogP contribution in [0.3, 0.4) is 0 Å². The summed E-state index contributed by atoms with van der Waals surface area (Å²) in [5.74, 6) is 0.524. The van der Waals surface area contributed by atoms with Gasteiger partial charge in [0.25, 0.3) is 0 Å². The summed E-state index contributed by atoms with van der Waals surface area (Å²) < 4.78 is 10.3. The Morgan fingerprint density at radius 1 is 1.36 bits per heavy atom. The molecule has 0 amide bonds. The molecule has 1 fully saturated rings. The average molecular weight is 200 g/mol. The molecule has 0 spiro atoms. The summed E-state index contributed by atoms with van der Waals surface area (Å²) >= 11 is 0. The first-order valence-corrected chi connectivity index (χ1v) is 5.45. The van der Waals surface area contributed by atoms with E-state index in [1.165, 1.54) is 19.3 Å². The Morgan fingerprint density at radius 2 is 2.07 bits per heavy atom. The minimum absolute atomic E-state index is 0.0675. The summed E-state index contributed by atoms with van der Waals surface area (Å²) in [6, 6.07) is 0. The first-order valence-electron chi connectivity index (χ1n) is 5.45. The predicted octanol–water partition coefficient (Wildman–Crippen LogP) is 2.14. The van der Waals surface area contributed by atoms with Crippen LogP contribution in [0.4, 0.5) is 0 Å². The molecule has 0 heterocycles. The minimum Gasteiger partial charge on any atom is -0.463 e. The van der Waals surface area contributed by atoms with Crippen LogP contribution in [-0.2, 0) is 14.3 Å². The second-order valence-electron chi connectivity index (χ2n) is 4.14. The van der Waals surface area contributed by atoms with Crippen LogP contribution in [0.1, 0.15) is 39.5 Å². The highest BCUT2D eigenvalue weighted by atomic mass is 16.6. The van der Waals surface area contributed by atoms with E-state index in [0.717, 1.165) is 0 Å². The van der Waals surface area contributed by atoms with Crippen LogP contribution in [0.15, 0.2) is 0 Å². The zero-order valence-electron chi connectivity index (χ0n) is 9.12. The standard InChI is InChI=1S/C11H20O3/c1-9(2)13-6-7-14-11(12)8-10-4-3-5-10/h9-10H,3-8H2,1-2H3. The quantitative estimate of drug-likeness (QED) is 0.487. The van der Waals surface area contributed by atoms with E-state index in [-0.39, 0.29) is 12.1 Å². The molecular weight excluding hydrogens is 180 g/mol. The first-order chi connectivity index (χ1) is 6.68. The largest absolute Gasteiger partial charge is 0.463 e. The van der Waals surface area contributed by atoms with Crippen molar-refractivity contribution < 1.29 is 14.3 Å². The number of carbonyl (C=O) groups excluding carboxylic acids is 1. The van der Waals surface area contributed by atoms with Crippen molar-refractivity contribution in [2.75, 3.05) is 13.2 Å². The Bertz CT molecular complexity index is 173. The zero-order chi connectivity index (χ0) is 10.4. The molecule has 0 aromatic rings. The normalized spacial score (nSPS) is 16.8. The molecule has 0 N–H and O–H groups in total. The van der Waals surface area contributed by atoms with Gasteiger partial charge in [-0.05, 0) is 32.6 Å². The Morgan fingerprint density at radius 3 is 2.57 bits per heavy atom. The van der Waals surface area contributed by atoms with E-state index in [4.69, 9.17) is 9.47 Å². The summed E-state index contributed by atoms with van der Waals surface area (Å²) in [5, 5.41) is 0. The molecule has 3 heteroatoms. The fourth-order valence-electron chi connectivity index (χ4n) is 1.43. The molecule has 0 atom stereocenters. The van der Waals surface area contributed by atoms with E-state index < -0.39 is 0 Å². The molecule has 82 valence electrons. The topological polar surface area (TPSA) is 35.5 Å². The molecule has 1 aliphatic rings. The summed E-state index contributed by atoms with van der Waals surface area (Å²) in [7, 11) is 0. The molecule has 3 nitrogen and oxygen atoms in total. The third-order valence-corrected chi connectivity index (χ3v) is 2.48. The number of rotatable bonds is 6. The van der Waals surface area contributed by atoms with Crippen molar-refractivity contribution in [2.24, 2.45) is 5.92 Å². The summed E-state index contributed by atoms with van der Waals surface area (Å²) in [5.41, 5.74) is 0. The molecule has 0 radical (unpaired) electrons. The van der Waals surface area contributed by atoms with Gasteiger partial charge < -0.3 is 9.47 Å². The van der Waals surface area contributed by atoms with E-state index >= 15 is 0 Å². The minimum atomic E-state index is -0.0675. The molecule has 1 saturated carbocycles. The van der Waals surface area contributed by atoms with Gasteiger partial charge in [0.2, 0.25) is 0 Å². The lowest BCUT2D eigenvalue weighted by molar-refractivity contribution is -0.147. The predicted molar refractivity (Wildman–Crippen MR) is 54.0 cm³/mol. The molecule has 14 heavy (non-hydrogen) atoms. The molecule has 0 aliphatic heterocycles. The van der Waals surface area contributed by atoms with Crippen LogP contribution in [0.5, 0.6) is 0 Å². The zero-order valence-corrected chi connectivity index (χ0v) is 9.12. The van der Waals surface area contributed by atoms with Gasteiger partial charge in [0.1, 0.15) is 6.61 Å². The van der Waals surface area contributed by atoms with Crippen LogP contribution in [-0.4, -0.2) is 25.3 Å². The highest BCUT2D eigenvalue weighted by molar-refractivity contribution is 5.69. The highest BCUT2D eigenvalue weighted by Gasteiger charge is 2.21. The van der Waals surface area contributed by atoms with E-state index in [0.29, 0.717) is 25.6 Å². The van der Waals surface area contributed by atoms with Crippen LogP contribution >= 0.6 is 0 Å². The van der Waals surface area contributed by atoms with Gasteiger partial charge in [0, 0.05) is 6.42 Å². The first kappa shape index (κ1) is 11.5. The number of carbonyl (C=O) groups is 1. The van der Waals surface area contributed by atoms with Gasteiger partial charge in [-0.25, -0.2) is 0 Å². The molecule has 1 rings (SSSR count). The SMILES string of the molecule is CC(C)OCCOC(=O)CC1CCC1. The number of ether oxygens (including phenoxy) is 2. The molecule has 1 aliphatic carbocycles. The van der Waals surface area contributed by atoms with E-state index in [1.807, 2.05) is 13.8 Å². The smallest absolute Gasteiger partial charge is 0.306 e. The maximum atomic E-state index is 11.2. The van der Waals surface area contributed by atoms with Crippen molar-refractivity contribution in [1.82, 2.24) is 0 Å². The second-order valence-corrected chi connectivity index (χ2v) is 4.14. The molecule has 0 aromatic heterocycles. The van der Waals surface area contributed by atoms with Crippen molar-refractivity contribution >= 4 is 5.97 Å². The summed E-state index contributed by atoms with van der Waals surface area (Å²) in [6.45, 7) is 4.84. The van der Waals surface area contributed by atoms with E-state index in [2.05, 4.69) is 0 Å². The van der Waals surface area contributed by atoms with E-state index in [1.54, 1.807) is 0 Å². The van der Waals surface area contributed by atoms with Gasteiger partial charge in [-0.1, -0.05) is 6.42 Å². The molecule has 0 bridgehead atoms. The maximum absolute atomic E-state index is 11.2. The number of esters is 1. The van der Waals surface area contributed by atoms with Crippen LogP contribution in [0.2, 0.25) is 0 Å². The third kappa shape index (κ3) is 4.61. The molecule has 0 aromatic carbocycles. The number of hydrogen-bond donors (Lipinski definition) is 0. The Balaban J connectivity index is 1.92. The third-order valence-electron chi connectivity index (χ3n) is 2.48. The van der Waals surface area contributed by atoms with Crippen LogP contribution in [0, 0.1) is 5.92 Å². The highest BCUT2D eigenvalue weighted by Crippen LogP contribution is 2.29. The lowest BCUT2D eigenvalue weighted by Gasteiger charge is -2.23. The maximum Gasteiger partial charge on any atom is 0.306 e. The van der Waals surface area contributed by atoms with Gasteiger partial charge in [-0.2, -0.15) is 0 Å². The molecule has 0 saturated heterocycles. The fourth-order valence-corrected chi connectivity index (χ4v) is 1.43. The molecule has 0 unspecified atom stereocenters. The monoisotopic (exact) mass is 200 g/mol. The Kier molecular flexibility index (Phi) is 4.94. The van der Waals surface area contributed by atoms with E-state index in [9.17, 15) is 4.79 Å². The van der Waals surface area contributed by atoms with Gasteiger partial charge >= 0.3 is 5.97 Å². The summed E-state index contributed by atoms with van der Waals surface area (Å²) in [6.07, 6.45) is 4.46. The van der Waals surface area contributed by atoms with Crippen molar-refractivity contribution in [3.63, 3.8) is 0 Å². The van der Waals surface area contributed by atoms with Gasteiger partial charge in [-0.3, -0.25) is 4.79 Å². The second kappa shape index (κ2) is 6.02. The number of hydrogen-bond acceptors (Lipinski definition) is 3. The van der Waals surface area contributed by atoms with Crippen LogP contribution < -0.4 is 0 Å². The lowest BCUT2D eigenvalue weighted by atomic mass is 9.83. The van der Waals surface area contributed by atoms with Gasteiger partial charge in [0.15, 0.2) is 0 Å². The Labute approximate surface area is 85.8 Å². The van der Waals surface area contributed by atoms with Crippen molar-refractivity contribution in [1.29, 1.82) is 0 Å². The van der Waals surface area contributed by atoms with Crippen molar-refractivity contribution in [2.45, 2.75) is 45.6 Å². The Hall–Kier alpha value is -0.570. The van der Waals surface area contributed by atoms with Crippen molar-refractivity contribution in [3.8, 4) is 0 Å². The van der Waals surface area contributed by atoms with Crippen molar-refractivity contribution in [3.05, 3.63) is 0 Å².